The van der Waals surface area contributed by atoms with E-state index in [9.17, 15) is 0 Å². The molecule has 0 radical (unpaired) electrons. The monoisotopic (exact) mass is 376 g/mol. The summed E-state index contributed by atoms with van der Waals surface area (Å²) >= 11 is 7.72. The summed E-state index contributed by atoms with van der Waals surface area (Å²) in [5.41, 5.74) is 8.43. The molecule has 0 saturated carbocycles. The van der Waals surface area contributed by atoms with E-state index < -0.39 is 0 Å². The molecular weight excluding hydrogens is 360 g/mol. The Hall–Kier alpha value is -2.11. The molecule has 3 aromatic rings. The topological polar surface area (TPSA) is 86.2 Å². The van der Waals surface area contributed by atoms with Crippen molar-refractivity contribution < 1.29 is 9.15 Å². The van der Waals surface area contributed by atoms with Gasteiger partial charge in [0.25, 0.3) is 0 Å². The number of aromatic nitrogens is 2. The molecule has 0 aliphatic rings. The Morgan fingerprint density at radius 1 is 1.56 bits per heavy atom. The molecule has 3 N–H and O–H groups in total. The van der Waals surface area contributed by atoms with Crippen LogP contribution in [0.4, 0.5) is 5.69 Å². The Morgan fingerprint density at radius 3 is 3.08 bits per heavy atom. The zero-order valence-electron chi connectivity index (χ0n) is 13.6. The Labute approximate surface area is 154 Å². The van der Waals surface area contributed by atoms with E-state index in [4.69, 9.17) is 32.9 Å². The molecule has 3 rings (SSSR count). The first-order valence-corrected chi connectivity index (χ1v) is 8.83. The largest absolute Gasteiger partial charge is 0.456 e. The molecule has 3 aromatic heterocycles. The van der Waals surface area contributed by atoms with Crippen LogP contribution in [0.15, 0.2) is 22.1 Å². The zero-order valence-corrected chi connectivity index (χ0v) is 15.2. The van der Waals surface area contributed by atoms with Gasteiger partial charge in [-0.25, -0.2) is 9.97 Å². The molecule has 8 heteroatoms. The van der Waals surface area contributed by atoms with Crippen LogP contribution < -0.4 is 11.1 Å². The van der Waals surface area contributed by atoms with Crippen molar-refractivity contribution in [2.24, 2.45) is 5.73 Å². The van der Waals surface area contributed by atoms with Crippen molar-refractivity contribution in [3.8, 4) is 12.3 Å². The van der Waals surface area contributed by atoms with E-state index in [0.717, 1.165) is 5.01 Å². The Kier molecular flexibility index (Phi) is 5.56. The summed E-state index contributed by atoms with van der Waals surface area (Å²) in [6.45, 7) is 0.960. The maximum absolute atomic E-state index is 6.16. The second-order valence-electron chi connectivity index (χ2n) is 5.41. The molecule has 130 valence electrons. The van der Waals surface area contributed by atoms with Gasteiger partial charge in [-0.15, -0.1) is 17.8 Å². The number of nitrogens with one attached hydrogen (secondary N) is 1. The number of methoxy groups -OCH3 is 1. The second kappa shape index (κ2) is 7.85. The van der Waals surface area contributed by atoms with Gasteiger partial charge < -0.3 is 20.2 Å². The highest BCUT2D eigenvalue weighted by Gasteiger charge is 2.20. The number of anilines is 1. The van der Waals surface area contributed by atoms with Crippen molar-refractivity contribution in [1.82, 2.24) is 9.97 Å². The molecule has 0 saturated heterocycles. The summed E-state index contributed by atoms with van der Waals surface area (Å²) in [5, 5.41) is 6.48. The maximum atomic E-state index is 6.16. The van der Waals surface area contributed by atoms with Gasteiger partial charge >= 0.3 is 0 Å². The van der Waals surface area contributed by atoms with Crippen LogP contribution >= 0.6 is 22.9 Å². The molecule has 0 aliphatic heterocycles. The minimum Gasteiger partial charge on any atom is -0.456 e. The number of rotatable bonds is 7. The molecule has 0 amide bonds. The average molecular weight is 377 g/mol. The fourth-order valence-electron chi connectivity index (χ4n) is 2.53. The lowest BCUT2D eigenvalue weighted by atomic mass is 10.1. The molecule has 6 nitrogen and oxygen atoms in total. The molecule has 25 heavy (non-hydrogen) atoms. The second-order valence-corrected chi connectivity index (χ2v) is 6.78. The van der Waals surface area contributed by atoms with Crippen molar-refractivity contribution in [1.29, 1.82) is 0 Å². The predicted octanol–water partition coefficient (Wildman–Crippen LogP) is 3.05. The molecule has 3 heterocycles. The van der Waals surface area contributed by atoms with Gasteiger partial charge in [-0.05, 0) is 0 Å². The zero-order chi connectivity index (χ0) is 17.8. The molecule has 0 unspecified atom stereocenters. The van der Waals surface area contributed by atoms with Crippen LogP contribution in [-0.2, 0) is 17.7 Å². The minimum absolute atomic E-state index is 0.222. The van der Waals surface area contributed by atoms with Crippen LogP contribution in [0.5, 0.6) is 0 Å². The van der Waals surface area contributed by atoms with Gasteiger partial charge in [0.1, 0.15) is 21.4 Å². The molecule has 0 aromatic carbocycles. The summed E-state index contributed by atoms with van der Waals surface area (Å²) in [4.78, 5) is 8.58. The van der Waals surface area contributed by atoms with Gasteiger partial charge in [-0.1, -0.05) is 17.5 Å². The minimum atomic E-state index is -0.222. The third-order valence-electron chi connectivity index (χ3n) is 3.57. The fraction of sp³-hybridized carbons (Fsp3) is 0.294. The summed E-state index contributed by atoms with van der Waals surface area (Å²) < 4.78 is 11.1. The summed E-state index contributed by atoms with van der Waals surface area (Å²) in [7, 11) is 1.60. The molecule has 0 bridgehead atoms. The van der Waals surface area contributed by atoms with Gasteiger partial charge in [-0.2, -0.15) is 0 Å². The van der Waals surface area contributed by atoms with Crippen LogP contribution in [0.1, 0.15) is 16.3 Å². The quantitative estimate of drug-likeness (QED) is 0.487. The number of hydrogen-bond acceptors (Lipinski definition) is 7. The number of terminal acetylenes is 1. The van der Waals surface area contributed by atoms with Gasteiger partial charge in [-0.3, -0.25) is 0 Å². The van der Waals surface area contributed by atoms with Crippen LogP contribution in [-0.4, -0.2) is 29.7 Å². The Morgan fingerprint density at radius 2 is 2.40 bits per heavy atom. The van der Waals surface area contributed by atoms with E-state index in [1.54, 1.807) is 30.7 Å². The van der Waals surface area contributed by atoms with E-state index in [2.05, 4.69) is 21.2 Å². The van der Waals surface area contributed by atoms with Crippen molar-refractivity contribution in [3.63, 3.8) is 0 Å². The van der Waals surface area contributed by atoms with Crippen molar-refractivity contribution in [3.05, 3.63) is 39.1 Å². The number of furan rings is 1. The molecule has 0 fully saturated rings. The average Bonchev–Trinajstić information content (AvgIpc) is 3.20. The Balaban J connectivity index is 1.97. The first kappa shape index (κ1) is 17.7. The van der Waals surface area contributed by atoms with Crippen LogP contribution in [0.2, 0.25) is 5.15 Å². The van der Waals surface area contributed by atoms with E-state index in [1.807, 2.05) is 5.38 Å². The molecular formula is C17H17ClN4O2S. The fourth-order valence-corrected chi connectivity index (χ4v) is 3.28. The number of fused-ring (bicyclic) bond motifs is 1. The first-order valence-electron chi connectivity index (χ1n) is 7.57. The third kappa shape index (κ3) is 3.94. The van der Waals surface area contributed by atoms with E-state index in [0.29, 0.717) is 52.8 Å². The number of ether oxygens (including phenoxy) is 1. The van der Waals surface area contributed by atoms with Gasteiger partial charge in [0.2, 0.25) is 0 Å². The predicted molar refractivity (Wildman–Crippen MR) is 100.0 cm³/mol. The summed E-state index contributed by atoms with van der Waals surface area (Å²) in [6.07, 6.45) is 7.88. The summed E-state index contributed by atoms with van der Waals surface area (Å²) in [6, 6.07) is 1.49. The SMILES string of the molecule is C#Cc1c(C[C@@H](N)COC)oc2c(NCc3nccs3)cc(Cl)nc12. The van der Waals surface area contributed by atoms with Gasteiger partial charge in [0.05, 0.1) is 24.4 Å². The maximum Gasteiger partial charge on any atom is 0.177 e. The normalized spacial score (nSPS) is 12.2. The Bertz CT molecular complexity index is 902. The molecule has 1 atom stereocenters. The standard InChI is InChI=1S/C17H17ClN4O2S/c1-3-11-13(6-10(19)9-23-2)24-17-12(7-14(18)22-16(11)17)21-8-15-20-4-5-25-15/h1,4-5,7,10H,6,8-9,19H2,2H3,(H,21,22)/t10-/m1/s1. The van der Waals surface area contributed by atoms with Gasteiger partial charge in [0.15, 0.2) is 5.58 Å². The van der Waals surface area contributed by atoms with E-state index >= 15 is 0 Å². The lowest BCUT2D eigenvalue weighted by Crippen LogP contribution is -2.28. The third-order valence-corrected chi connectivity index (χ3v) is 4.54. The van der Waals surface area contributed by atoms with Crippen LogP contribution in [0.25, 0.3) is 11.1 Å². The molecule has 0 spiro atoms. The number of halogens is 1. The van der Waals surface area contributed by atoms with E-state index in [-0.39, 0.29) is 6.04 Å². The highest BCUT2D eigenvalue weighted by Crippen LogP contribution is 2.32. The lowest BCUT2D eigenvalue weighted by Gasteiger charge is -2.08. The molecule has 0 aliphatic carbocycles. The lowest BCUT2D eigenvalue weighted by molar-refractivity contribution is 0.178. The highest BCUT2D eigenvalue weighted by molar-refractivity contribution is 7.09. The number of hydrogen-bond donors (Lipinski definition) is 2. The van der Waals surface area contributed by atoms with Crippen molar-refractivity contribution in [2.75, 3.05) is 19.0 Å². The van der Waals surface area contributed by atoms with Crippen molar-refractivity contribution >= 4 is 39.7 Å². The number of nitrogens with zero attached hydrogens (tertiary/aromatic N) is 2. The van der Waals surface area contributed by atoms with Crippen LogP contribution in [0.3, 0.4) is 0 Å². The summed E-state index contributed by atoms with van der Waals surface area (Å²) in [5.74, 6) is 3.25. The van der Waals surface area contributed by atoms with Gasteiger partial charge in [0, 0.05) is 37.2 Å². The number of nitrogens with two attached hydrogens (primary N) is 1. The van der Waals surface area contributed by atoms with E-state index in [1.165, 1.54) is 0 Å². The van der Waals surface area contributed by atoms with Crippen molar-refractivity contribution in [2.45, 2.75) is 19.0 Å². The number of thiazole rings is 1. The first-order chi connectivity index (χ1) is 12.1. The smallest absolute Gasteiger partial charge is 0.177 e. The number of pyridine rings is 1. The van der Waals surface area contributed by atoms with Crippen LogP contribution in [0, 0.1) is 12.3 Å². The highest BCUT2D eigenvalue weighted by atomic mass is 35.5.